The Balaban J connectivity index is 4.21. The molecule has 0 spiro atoms. The number of carbonyl (C=O) groups is 2. The van der Waals surface area contributed by atoms with Crippen LogP contribution in [0.25, 0.3) is 10.4 Å². The van der Waals surface area contributed by atoms with E-state index in [4.69, 9.17) is 15.0 Å². The highest BCUT2D eigenvalue weighted by atomic mass is 16.6. The molecule has 0 heterocycles. The predicted octanol–water partition coefficient (Wildman–Crippen LogP) is 2.74. The highest BCUT2D eigenvalue weighted by molar-refractivity contribution is 5.72. The number of rotatable bonds is 10. The summed E-state index contributed by atoms with van der Waals surface area (Å²) in [5.41, 5.74) is 8.26. The summed E-state index contributed by atoms with van der Waals surface area (Å²) in [5, 5.41) is 3.33. The van der Waals surface area contributed by atoms with Crippen LogP contribution >= 0.6 is 0 Å². The standard InChI is InChI=1S/C12H21N3O4/c1-3-5-6-7-11(16)19-10(9-14-15-13)8-12(17)18-4-2/h10H,3-9H2,1-2H3/t10-/m1/s1. The van der Waals surface area contributed by atoms with Gasteiger partial charge >= 0.3 is 11.9 Å². The third-order valence-electron chi connectivity index (χ3n) is 2.33. The van der Waals surface area contributed by atoms with Crippen LogP contribution in [0.3, 0.4) is 0 Å². The number of nitrogens with zero attached hydrogens (tertiary/aromatic N) is 3. The van der Waals surface area contributed by atoms with Gasteiger partial charge in [0.05, 0.1) is 19.6 Å². The number of azide groups is 1. The lowest BCUT2D eigenvalue weighted by Crippen LogP contribution is -2.25. The van der Waals surface area contributed by atoms with Crippen LogP contribution in [0.4, 0.5) is 0 Å². The minimum absolute atomic E-state index is 0.0607. The van der Waals surface area contributed by atoms with Crippen LogP contribution in [0.5, 0.6) is 0 Å². The first-order valence-corrected chi connectivity index (χ1v) is 6.49. The number of hydrogen-bond donors (Lipinski definition) is 0. The molecule has 0 amide bonds. The van der Waals surface area contributed by atoms with E-state index in [2.05, 4.69) is 10.0 Å². The van der Waals surface area contributed by atoms with Crippen molar-refractivity contribution in [2.24, 2.45) is 5.11 Å². The first-order chi connectivity index (χ1) is 9.13. The first kappa shape index (κ1) is 17.2. The minimum Gasteiger partial charge on any atom is -0.466 e. The van der Waals surface area contributed by atoms with Crippen molar-refractivity contribution in [1.29, 1.82) is 0 Å². The molecule has 7 heteroatoms. The summed E-state index contributed by atoms with van der Waals surface area (Å²) >= 11 is 0. The van der Waals surface area contributed by atoms with Crippen LogP contribution in [-0.4, -0.2) is 31.2 Å². The van der Waals surface area contributed by atoms with Crippen molar-refractivity contribution < 1.29 is 19.1 Å². The molecule has 0 aliphatic heterocycles. The molecule has 0 aliphatic rings. The molecule has 0 aromatic rings. The molecular weight excluding hydrogens is 250 g/mol. The van der Waals surface area contributed by atoms with Gasteiger partial charge in [0.1, 0.15) is 6.10 Å². The molecule has 108 valence electrons. The van der Waals surface area contributed by atoms with Gasteiger partial charge in [-0.2, -0.15) is 0 Å². The lowest BCUT2D eigenvalue weighted by atomic mass is 10.2. The highest BCUT2D eigenvalue weighted by Gasteiger charge is 2.18. The summed E-state index contributed by atoms with van der Waals surface area (Å²) < 4.78 is 9.88. The number of hydrogen-bond acceptors (Lipinski definition) is 5. The number of unbranched alkanes of at least 4 members (excludes halogenated alkanes) is 2. The summed E-state index contributed by atoms with van der Waals surface area (Å²) in [6.07, 6.45) is 2.19. The fourth-order valence-electron chi connectivity index (χ4n) is 1.44. The van der Waals surface area contributed by atoms with Gasteiger partial charge in [0.25, 0.3) is 0 Å². The molecule has 1 atom stereocenters. The van der Waals surface area contributed by atoms with E-state index in [-0.39, 0.29) is 25.5 Å². The summed E-state index contributed by atoms with van der Waals surface area (Å²) in [6, 6.07) is 0. The van der Waals surface area contributed by atoms with E-state index in [9.17, 15) is 9.59 Å². The van der Waals surface area contributed by atoms with Crippen molar-refractivity contribution in [3.05, 3.63) is 10.4 Å². The summed E-state index contributed by atoms with van der Waals surface area (Å²) in [6.45, 7) is 3.93. The van der Waals surface area contributed by atoms with Crippen molar-refractivity contribution >= 4 is 11.9 Å². The zero-order valence-electron chi connectivity index (χ0n) is 11.5. The molecule has 0 aromatic carbocycles. The van der Waals surface area contributed by atoms with Crippen LogP contribution in [0, 0.1) is 0 Å². The Hall–Kier alpha value is -1.75. The Morgan fingerprint density at radius 2 is 2.00 bits per heavy atom. The largest absolute Gasteiger partial charge is 0.466 e. The number of esters is 2. The fourth-order valence-corrected chi connectivity index (χ4v) is 1.44. The summed E-state index contributed by atoms with van der Waals surface area (Å²) in [7, 11) is 0. The van der Waals surface area contributed by atoms with E-state index in [1.807, 2.05) is 6.92 Å². The second-order valence-electron chi connectivity index (χ2n) is 3.99. The molecule has 19 heavy (non-hydrogen) atoms. The number of ether oxygens (including phenoxy) is 2. The van der Waals surface area contributed by atoms with E-state index in [0.717, 1.165) is 19.3 Å². The van der Waals surface area contributed by atoms with Gasteiger partial charge < -0.3 is 9.47 Å². The minimum atomic E-state index is -0.746. The zero-order valence-corrected chi connectivity index (χ0v) is 11.5. The predicted molar refractivity (Wildman–Crippen MR) is 69.3 cm³/mol. The molecule has 7 nitrogen and oxygen atoms in total. The van der Waals surface area contributed by atoms with Gasteiger partial charge in [-0.25, -0.2) is 0 Å². The third-order valence-corrected chi connectivity index (χ3v) is 2.33. The lowest BCUT2D eigenvalue weighted by Gasteiger charge is -2.15. The smallest absolute Gasteiger partial charge is 0.309 e. The fraction of sp³-hybridized carbons (Fsp3) is 0.833. The van der Waals surface area contributed by atoms with Crippen LogP contribution in [0.2, 0.25) is 0 Å². The van der Waals surface area contributed by atoms with E-state index in [1.54, 1.807) is 6.92 Å². The van der Waals surface area contributed by atoms with E-state index < -0.39 is 12.1 Å². The van der Waals surface area contributed by atoms with Gasteiger partial charge in [0, 0.05) is 11.3 Å². The maximum Gasteiger partial charge on any atom is 0.309 e. The van der Waals surface area contributed by atoms with Gasteiger partial charge in [0.15, 0.2) is 0 Å². The Morgan fingerprint density at radius 1 is 1.26 bits per heavy atom. The van der Waals surface area contributed by atoms with Crippen LogP contribution in [-0.2, 0) is 19.1 Å². The van der Waals surface area contributed by atoms with Crippen LogP contribution in [0.15, 0.2) is 5.11 Å². The number of carbonyl (C=O) groups excluding carboxylic acids is 2. The second-order valence-corrected chi connectivity index (χ2v) is 3.99. The molecule has 0 aromatic heterocycles. The van der Waals surface area contributed by atoms with E-state index >= 15 is 0 Å². The molecule has 0 N–H and O–H groups in total. The lowest BCUT2D eigenvalue weighted by molar-refractivity contribution is -0.154. The van der Waals surface area contributed by atoms with Gasteiger partial charge in [-0.3, -0.25) is 9.59 Å². The van der Waals surface area contributed by atoms with Gasteiger partial charge in [-0.15, -0.1) is 0 Å². The molecule has 0 radical (unpaired) electrons. The average molecular weight is 271 g/mol. The van der Waals surface area contributed by atoms with Crippen molar-refractivity contribution in [3.8, 4) is 0 Å². The van der Waals surface area contributed by atoms with Crippen molar-refractivity contribution in [3.63, 3.8) is 0 Å². The Labute approximate surface area is 112 Å². The SMILES string of the molecule is CCCCCC(=O)O[C@@H](CN=[N+]=[N-])CC(=O)OCC. The average Bonchev–Trinajstić information content (AvgIpc) is 2.36. The Kier molecular flexibility index (Phi) is 10.3. The van der Waals surface area contributed by atoms with Gasteiger partial charge in [-0.05, 0) is 18.9 Å². The Bertz CT molecular complexity index is 327. The first-order valence-electron chi connectivity index (χ1n) is 6.49. The van der Waals surface area contributed by atoms with Crippen LogP contribution < -0.4 is 0 Å². The monoisotopic (exact) mass is 271 g/mol. The summed E-state index contributed by atoms with van der Waals surface area (Å²) in [4.78, 5) is 25.4. The van der Waals surface area contributed by atoms with Crippen molar-refractivity contribution in [2.75, 3.05) is 13.2 Å². The van der Waals surface area contributed by atoms with E-state index in [0.29, 0.717) is 6.42 Å². The quantitative estimate of drug-likeness (QED) is 0.200. The van der Waals surface area contributed by atoms with Gasteiger partial charge in [-0.1, -0.05) is 24.9 Å². The van der Waals surface area contributed by atoms with Gasteiger partial charge in [0.2, 0.25) is 0 Å². The van der Waals surface area contributed by atoms with Crippen molar-refractivity contribution in [1.82, 2.24) is 0 Å². The summed E-state index contributed by atoms with van der Waals surface area (Å²) in [5.74, 6) is -0.849. The molecule has 0 saturated heterocycles. The molecule has 0 rings (SSSR count). The second kappa shape index (κ2) is 11.3. The third kappa shape index (κ3) is 9.91. The molecule has 0 bridgehead atoms. The highest BCUT2D eigenvalue weighted by Crippen LogP contribution is 2.07. The van der Waals surface area contributed by atoms with Crippen LogP contribution in [0.1, 0.15) is 46.0 Å². The molecular formula is C12H21N3O4. The normalized spacial score (nSPS) is 11.3. The molecule has 0 unspecified atom stereocenters. The van der Waals surface area contributed by atoms with E-state index in [1.165, 1.54) is 0 Å². The maximum atomic E-state index is 11.5. The zero-order chi connectivity index (χ0) is 14.5. The maximum absolute atomic E-state index is 11.5. The van der Waals surface area contributed by atoms with Crippen molar-refractivity contribution in [2.45, 2.75) is 52.1 Å². The topological polar surface area (TPSA) is 101 Å². The molecule has 0 fully saturated rings. The molecule has 0 saturated carbocycles. The Morgan fingerprint density at radius 3 is 2.58 bits per heavy atom. The molecule has 0 aliphatic carbocycles.